The summed E-state index contributed by atoms with van der Waals surface area (Å²) in [5, 5.41) is 10.9. The van der Waals surface area contributed by atoms with Crippen molar-refractivity contribution >= 4 is 27.6 Å². The molecule has 4 rings (SSSR count). The quantitative estimate of drug-likeness (QED) is 0.765. The van der Waals surface area contributed by atoms with Crippen molar-refractivity contribution in [2.75, 3.05) is 0 Å². The minimum atomic E-state index is -0.806. The van der Waals surface area contributed by atoms with Crippen LogP contribution in [-0.4, -0.2) is 27.3 Å². The number of fused-ring (bicyclic) bond motifs is 1. The number of ketones is 1. The van der Waals surface area contributed by atoms with Crippen molar-refractivity contribution in [1.82, 2.24) is 4.90 Å². The van der Waals surface area contributed by atoms with Crippen LogP contribution in [0.5, 0.6) is 0 Å². The molecule has 1 N–H and O–H groups in total. The van der Waals surface area contributed by atoms with Crippen LogP contribution in [0.25, 0.3) is 0 Å². The molecule has 136 valence electrons. The fourth-order valence-electron chi connectivity index (χ4n) is 4.44. The molecule has 0 bridgehead atoms. The molecule has 1 heterocycles. The lowest BCUT2D eigenvalue weighted by Crippen LogP contribution is -2.64. The van der Waals surface area contributed by atoms with Crippen LogP contribution in [0.2, 0.25) is 0 Å². The molecule has 2 aliphatic carbocycles. The fraction of sp³-hybridized carbons (Fsp3) is 0.429. The van der Waals surface area contributed by atoms with Gasteiger partial charge in [-0.2, -0.15) is 0 Å². The predicted octanol–water partition coefficient (Wildman–Crippen LogP) is 3.70. The Hall–Kier alpha value is -1.72. The molecule has 1 saturated carbocycles. The maximum atomic E-state index is 13.1. The SMILES string of the molecule is CC(C)[C@]1(O)C[C@@](c2ccc(Br)cc2)(N2C=C3C=CCC(=O)C3C2=O)C1. The summed E-state index contributed by atoms with van der Waals surface area (Å²) in [5.74, 6) is -0.793. The molecule has 0 aromatic heterocycles. The van der Waals surface area contributed by atoms with Gasteiger partial charge in [-0.15, -0.1) is 0 Å². The first-order chi connectivity index (χ1) is 12.3. The Bertz CT molecular complexity index is 831. The van der Waals surface area contributed by atoms with Gasteiger partial charge in [0.05, 0.1) is 11.1 Å². The second-order valence-electron chi connectivity index (χ2n) is 7.99. The van der Waals surface area contributed by atoms with Gasteiger partial charge in [0.1, 0.15) is 5.92 Å². The first-order valence-corrected chi connectivity index (χ1v) is 9.79. The molecule has 3 aliphatic rings. The van der Waals surface area contributed by atoms with Gasteiger partial charge in [0, 0.05) is 29.9 Å². The summed E-state index contributed by atoms with van der Waals surface area (Å²) in [4.78, 5) is 27.1. The van der Waals surface area contributed by atoms with Crippen LogP contribution >= 0.6 is 15.9 Å². The molecule has 1 aliphatic heterocycles. The number of hydrogen-bond acceptors (Lipinski definition) is 3. The number of nitrogens with zero attached hydrogens (tertiary/aromatic N) is 1. The van der Waals surface area contributed by atoms with Gasteiger partial charge in [-0.25, -0.2) is 0 Å². The van der Waals surface area contributed by atoms with Crippen LogP contribution in [-0.2, 0) is 15.1 Å². The van der Waals surface area contributed by atoms with Crippen LogP contribution < -0.4 is 0 Å². The second-order valence-corrected chi connectivity index (χ2v) is 8.91. The predicted molar refractivity (Wildman–Crippen MR) is 102 cm³/mol. The van der Waals surface area contributed by atoms with Crippen molar-refractivity contribution in [3.63, 3.8) is 0 Å². The van der Waals surface area contributed by atoms with Crippen LogP contribution in [0.4, 0.5) is 0 Å². The van der Waals surface area contributed by atoms with Crippen molar-refractivity contribution in [3.8, 4) is 0 Å². The normalized spacial score (nSPS) is 33.3. The molecule has 0 radical (unpaired) electrons. The molecule has 0 spiro atoms. The van der Waals surface area contributed by atoms with Crippen molar-refractivity contribution < 1.29 is 14.7 Å². The lowest BCUT2D eigenvalue weighted by Gasteiger charge is -2.59. The number of Topliss-reactive ketones (excluding diaryl/α,β-unsaturated/α-hetero) is 1. The number of rotatable bonds is 3. The number of benzene rings is 1. The van der Waals surface area contributed by atoms with Crippen LogP contribution in [0.15, 0.2) is 52.7 Å². The molecule has 1 aromatic rings. The zero-order chi connectivity index (χ0) is 18.7. The molecule has 1 amide bonds. The zero-order valence-electron chi connectivity index (χ0n) is 14.9. The van der Waals surface area contributed by atoms with E-state index >= 15 is 0 Å². The van der Waals surface area contributed by atoms with Gasteiger partial charge in [0.2, 0.25) is 5.91 Å². The number of aliphatic hydroxyl groups is 1. The van der Waals surface area contributed by atoms with Crippen molar-refractivity contribution in [2.45, 2.75) is 44.2 Å². The van der Waals surface area contributed by atoms with Gasteiger partial charge in [0.25, 0.3) is 0 Å². The van der Waals surface area contributed by atoms with E-state index in [2.05, 4.69) is 15.9 Å². The maximum Gasteiger partial charge on any atom is 0.242 e. The van der Waals surface area contributed by atoms with Crippen LogP contribution in [0.3, 0.4) is 0 Å². The van der Waals surface area contributed by atoms with E-state index < -0.39 is 17.1 Å². The summed E-state index contributed by atoms with van der Waals surface area (Å²) in [7, 11) is 0. The largest absolute Gasteiger partial charge is 0.389 e. The average molecular weight is 416 g/mol. The Morgan fingerprint density at radius 1 is 1.19 bits per heavy atom. The molecule has 26 heavy (non-hydrogen) atoms. The molecule has 1 unspecified atom stereocenters. The highest BCUT2D eigenvalue weighted by atomic mass is 79.9. The minimum Gasteiger partial charge on any atom is -0.389 e. The number of allylic oxidation sites excluding steroid dienone is 2. The minimum absolute atomic E-state index is 0.0457. The van der Waals surface area contributed by atoms with Gasteiger partial charge in [0.15, 0.2) is 5.78 Å². The monoisotopic (exact) mass is 415 g/mol. The van der Waals surface area contributed by atoms with E-state index in [1.165, 1.54) is 0 Å². The van der Waals surface area contributed by atoms with Gasteiger partial charge in [-0.1, -0.05) is 54.1 Å². The number of carbonyl (C=O) groups excluding carboxylic acids is 2. The third kappa shape index (κ3) is 2.44. The second kappa shape index (κ2) is 5.89. The van der Waals surface area contributed by atoms with E-state index in [4.69, 9.17) is 0 Å². The lowest BCUT2D eigenvalue weighted by molar-refractivity contribution is -0.176. The smallest absolute Gasteiger partial charge is 0.242 e. The number of amides is 1. The first kappa shape index (κ1) is 17.7. The summed E-state index contributed by atoms with van der Waals surface area (Å²) < 4.78 is 0.965. The highest BCUT2D eigenvalue weighted by Gasteiger charge is 2.61. The summed E-state index contributed by atoms with van der Waals surface area (Å²) >= 11 is 3.46. The number of halogens is 1. The number of hydrogen-bond donors (Lipinski definition) is 1. The van der Waals surface area contributed by atoms with Gasteiger partial charge >= 0.3 is 0 Å². The molecule has 1 fully saturated rings. The highest BCUT2D eigenvalue weighted by molar-refractivity contribution is 9.10. The molecule has 5 heteroatoms. The fourth-order valence-corrected chi connectivity index (χ4v) is 4.70. The molecule has 0 saturated heterocycles. The Labute approximate surface area is 161 Å². The topological polar surface area (TPSA) is 57.6 Å². The summed E-state index contributed by atoms with van der Waals surface area (Å²) in [6.45, 7) is 4.00. The van der Waals surface area contributed by atoms with Crippen molar-refractivity contribution in [2.24, 2.45) is 11.8 Å². The molecule has 1 aromatic carbocycles. The van der Waals surface area contributed by atoms with E-state index in [0.29, 0.717) is 19.3 Å². The molecular formula is C21H22BrNO3. The Morgan fingerprint density at radius 3 is 2.42 bits per heavy atom. The summed E-state index contributed by atoms with van der Waals surface area (Å²) in [6.07, 6.45) is 6.77. The molecule has 1 atom stereocenters. The Kier molecular flexibility index (Phi) is 4.01. The third-order valence-corrected chi connectivity index (χ3v) is 6.69. The highest BCUT2D eigenvalue weighted by Crippen LogP contribution is 2.57. The zero-order valence-corrected chi connectivity index (χ0v) is 16.5. The van der Waals surface area contributed by atoms with E-state index in [1.807, 2.05) is 56.5 Å². The van der Waals surface area contributed by atoms with Crippen molar-refractivity contribution in [1.29, 1.82) is 0 Å². The van der Waals surface area contributed by atoms with Crippen molar-refractivity contribution in [3.05, 3.63) is 58.2 Å². The first-order valence-electron chi connectivity index (χ1n) is 8.99. The van der Waals surface area contributed by atoms with E-state index in [1.54, 1.807) is 4.90 Å². The standard InChI is InChI=1S/C21H22BrNO3/c1-13(2)21(26)11-20(12-21,15-6-8-16(22)9-7-15)23-10-14-4-3-5-17(24)18(14)19(23)25/h3-4,6-10,13,18,26H,5,11-12H2,1-2H3/t18?,20-,21+. The van der Waals surface area contributed by atoms with Gasteiger partial charge in [-0.05, 0) is 29.2 Å². The van der Waals surface area contributed by atoms with E-state index in [0.717, 1.165) is 15.6 Å². The van der Waals surface area contributed by atoms with E-state index in [-0.39, 0.29) is 17.6 Å². The third-order valence-electron chi connectivity index (χ3n) is 6.16. The number of carbonyl (C=O) groups is 2. The van der Waals surface area contributed by atoms with Gasteiger partial charge in [-0.3, -0.25) is 9.59 Å². The molecule has 4 nitrogen and oxygen atoms in total. The lowest BCUT2D eigenvalue weighted by atomic mass is 9.57. The van der Waals surface area contributed by atoms with Gasteiger partial charge < -0.3 is 10.0 Å². The Morgan fingerprint density at radius 2 is 1.85 bits per heavy atom. The van der Waals surface area contributed by atoms with E-state index in [9.17, 15) is 14.7 Å². The summed E-state index contributed by atoms with van der Waals surface area (Å²) in [5.41, 5.74) is 0.350. The average Bonchev–Trinajstić information content (AvgIpc) is 2.91. The summed E-state index contributed by atoms with van der Waals surface area (Å²) in [6, 6.07) is 7.90. The molecular weight excluding hydrogens is 394 g/mol. The van der Waals surface area contributed by atoms with Crippen LogP contribution in [0, 0.1) is 11.8 Å². The maximum absolute atomic E-state index is 13.1. The Balaban J connectivity index is 1.77. The van der Waals surface area contributed by atoms with Crippen LogP contribution in [0.1, 0.15) is 38.7 Å².